The number of halogens is 3. The van der Waals surface area contributed by atoms with Crippen molar-refractivity contribution in [2.24, 2.45) is 0 Å². The average molecular weight is 297 g/mol. The van der Waals surface area contributed by atoms with Crippen LogP contribution in [-0.4, -0.2) is 9.55 Å². The van der Waals surface area contributed by atoms with E-state index < -0.39 is 11.6 Å². The molecule has 0 aliphatic heterocycles. The molecule has 1 aromatic heterocycles. The normalized spacial score (nSPS) is 11.1. The second-order valence-corrected chi connectivity index (χ2v) is 4.82. The summed E-state index contributed by atoms with van der Waals surface area (Å²) in [7, 11) is 0. The van der Waals surface area contributed by atoms with Crippen LogP contribution in [0.5, 0.6) is 0 Å². The predicted molar refractivity (Wildman–Crippen MR) is 73.4 cm³/mol. The van der Waals surface area contributed by atoms with Gasteiger partial charge in [-0.1, -0.05) is 17.7 Å². The van der Waals surface area contributed by atoms with Gasteiger partial charge >= 0.3 is 0 Å². The Balaban J connectivity index is 2.42. The summed E-state index contributed by atoms with van der Waals surface area (Å²) in [5.41, 5.74) is 1.36. The molecule has 0 amide bonds. The van der Waals surface area contributed by atoms with Crippen LogP contribution in [0.4, 0.5) is 8.78 Å². The first-order chi connectivity index (χ1) is 9.08. The smallest absolute Gasteiger partial charge is 0.182 e. The van der Waals surface area contributed by atoms with E-state index in [1.54, 1.807) is 18.2 Å². The topological polar surface area (TPSA) is 20.7 Å². The van der Waals surface area contributed by atoms with Crippen LogP contribution in [-0.2, 0) is 0 Å². The van der Waals surface area contributed by atoms with Crippen LogP contribution in [0, 0.1) is 16.4 Å². The molecule has 0 atom stereocenters. The Bertz CT molecular complexity index is 838. The SMILES string of the molecule is Fc1cccc(-n2c(=S)[nH]c3ccc(Cl)cc32)c1F. The maximum Gasteiger partial charge on any atom is 0.182 e. The molecule has 19 heavy (non-hydrogen) atoms. The summed E-state index contributed by atoms with van der Waals surface area (Å²) >= 11 is 11.1. The molecule has 0 unspecified atom stereocenters. The first-order valence-corrected chi connectivity index (χ1v) is 6.21. The predicted octanol–water partition coefficient (Wildman–Crippen LogP) is 4.62. The minimum atomic E-state index is -0.945. The fourth-order valence-corrected chi connectivity index (χ4v) is 2.45. The number of aromatic amines is 1. The number of nitrogens with one attached hydrogen (secondary N) is 1. The van der Waals surface area contributed by atoms with Crippen molar-refractivity contribution in [3.63, 3.8) is 0 Å². The second-order valence-electron chi connectivity index (χ2n) is 4.00. The third-order valence-electron chi connectivity index (χ3n) is 2.82. The van der Waals surface area contributed by atoms with Crippen LogP contribution in [0.1, 0.15) is 0 Å². The number of hydrogen-bond donors (Lipinski definition) is 1. The molecule has 0 aliphatic rings. The van der Waals surface area contributed by atoms with Gasteiger partial charge in [-0.05, 0) is 42.5 Å². The molecule has 0 aliphatic carbocycles. The lowest BCUT2D eigenvalue weighted by atomic mass is 10.2. The number of nitrogens with zero attached hydrogens (tertiary/aromatic N) is 1. The number of H-pyrrole nitrogens is 1. The maximum atomic E-state index is 13.9. The Morgan fingerprint density at radius 1 is 1.16 bits per heavy atom. The quantitative estimate of drug-likeness (QED) is 0.650. The molecule has 2 aromatic carbocycles. The molecule has 0 saturated carbocycles. The fourth-order valence-electron chi connectivity index (χ4n) is 1.98. The van der Waals surface area contributed by atoms with E-state index in [9.17, 15) is 8.78 Å². The Morgan fingerprint density at radius 3 is 2.74 bits per heavy atom. The van der Waals surface area contributed by atoms with Crippen molar-refractivity contribution in [3.05, 3.63) is 57.8 Å². The van der Waals surface area contributed by atoms with Gasteiger partial charge in [-0.25, -0.2) is 8.78 Å². The number of imidazole rings is 1. The van der Waals surface area contributed by atoms with Crippen molar-refractivity contribution < 1.29 is 8.78 Å². The molecule has 0 bridgehead atoms. The number of hydrogen-bond acceptors (Lipinski definition) is 1. The van der Waals surface area contributed by atoms with E-state index in [1.807, 2.05) is 0 Å². The van der Waals surface area contributed by atoms with Crippen LogP contribution < -0.4 is 0 Å². The van der Waals surface area contributed by atoms with E-state index in [0.717, 1.165) is 6.07 Å². The summed E-state index contributed by atoms with van der Waals surface area (Å²) in [6.07, 6.45) is 0. The minimum absolute atomic E-state index is 0.0542. The Morgan fingerprint density at radius 2 is 1.95 bits per heavy atom. The highest BCUT2D eigenvalue weighted by Gasteiger charge is 2.13. The number of benzene rings is 2. The van der Waals surface area contributed by atoms with Crippen molar-refractivity contribution in [1.29, 1.82) is 0 Å². The molecular formula is C13H7ClF2N2S. The van der Waals surface area contributed by atoms with Gasteiger partial charge in [0.2, 0.25) is 0 Å². The number of rotatable bonds is 1. The zero-order valence-corrected chi connectivity index (χ0v) is 11.0. The van der Waals surface area contributed by atoms with Gasteiger partial charge in [0.25, 0.3) is 0 Å². The lowest BCUT2D eigenvalue weighted by Crippen LogP contribution is -1.99. The van der Waals surface area contributed by atoms with Crippen molar-refractivity contribution in [2.75, 3.05) is 0 Å². The Labute approximate surface area is 117 Å². The molecule has 2 nitrogen and oxygen atoms in total. The third kappa shape index (κ3) is 1.95. The first-order valence-electron chi connectivity index (χ1n) is 5.42. The van der Waals surface area contributed by atoms with Crippen molar-refractivity contribution >= 4 is 34.9 Å². The van der Waals surface area contributed by atoms with Gasteiger partial charge < -0.3 is 4.98 Å². The highest BCUT2D eigenvalue weighted by molar-refractivity contribution is 7.71. The molecule has 0 spiro atoms. The van der Waals surface area contributed by atoms with E-state index >= 15 is 0 Å². The van der Waals surface area contributed by atoms with Crippen LogP contribution in [0.15, 0.2) is 36.4 Å². The van der Waals surface area contributed by atoms with Crippen LogP contribution in [0.3, 0.4) is 0 Å². The van der Waals surface area contributed by atoms with Gasteiger partial charge in [0.15, 0.2) is 16.4 Å². The second kappa shape index (κ2) is 4.43. The largest absolute Gasteiger partial charge is 0.330 e. The highest BCUT2D eigenvalue weighted by atomic mass is 35.5. The van der Waals surface area contributed by atoms with Crippen LogP contribution in [0.2, 0.25) is 5.02 Å². The number of fused-ring (bicyclic) bond motifs is 1. The molecule has 3 rings (SSSR count). The summed E-state index contributed by atoms with van der Waals surface area (Å²) in [5.74, 6) is -1.87. The molecule has 3 aromatic rings. The molecule has 1 N–H and O–H groups in total. The van der Waals surface area contributed by atoms with Gasteiger partial charge in [0, 0.05) is 5.02 Å². The minimum Gasteiger partial charge on any atom is -0.330 e. The van der Waals surface area contributed by atoms with E-state index in [4.69, 9.17) is 23.8 Å². The molecule has 96 valence electrons. The van der Waals surface area contributed by atoms with E-state index in [1.165, 1.54) is 16.7 Å². The summed E-state index contributed by atoms with van der Waals surface area (Å²) < 4.78 is 28.9. The van der Waals surface area contributed by atoms with Crippen molar-refractivity contribution in [2.45, 2.75) is 0 Å². The summed E-state index contributed by atoms with van der Waals surface area (Å²) in [6, 6.07) is 9.03. The molecule has 0 radical (unpaired) electrons. The lowest BCUT2D eigenvalue weighted by Gasteiger charge is -2.06. The maximum absolute atomic E-state index is 13.9. The molecule has 6 heteroatoms. The van der Waals surface area contributed by atoms with Gasteiger partial charge in [-0.15, -0.1) is 0 Å². The van der Waals surface area contributed by atoms with Crippen molar-refractivity contribution in [1.82, 2.24) is 9.55 Å². The Hall–Kier alpha value is -1.72. The summed E-state index contributed by atoms with van der Waals surface area (Å²) in [6.45, 7) is 0. The monoisotopic (exact) mass is 296 g/mol. The molecular weight excluding hydrogens is 290 g/mol. The third-order valence-corrected chi connectivity index (χ3v) is 3.34. The average Bonchev–Trinajstić information content (AvgIpc) is 2.69. The zero-order valence-electron chi connectivity index (χ0n) is 9.45. The van der Waals surface area contributed by atoms with Crippen LogP contribution >= 0.6 is 23.8 Å². The number of aromatic nitrogens is 2. The fraction of sp³-hybridized carbons (Fsp3) is 0. The lowest BCUT2D eigenvalue weighted by molar-refractivity contribution is 0.504. The van der Waals surface area contributed by atoms with Gasteiger partial charge in [0.1, 0.15) is 0 Å². The van der Waals surface area contributed by atoms with E-state index in [-0.39, 0.29) is 10.5 Å². The standard InChI is InChI=1S/C13H7ClF2N2S/c14-7-4-5-9-11(6-7)18(13(19)17-9)10-3-1-2-8(15)12(10)16/h1-6H,(H,17,19). The highest BCUT2D eigenvalue weighted by Crippen LogP contribution is 2.25. The van der Waals surface area contributed by atoms with E-state index in [2.05, 4.69) is 4.98 Å². The molecule has 0 fully saturated rings. The zero-order chi connectivity index (χ0) is 13.6. The van der Waals surface area contributed by atoms with Crippen LogP contribution in [0.25, 0.3) is 16.7 Å². The van der Waals surface area contributed by atoms with E-state index in [0.29, 0.717) is 16.1 Å². The first kappa shape index (κ1) is 12.3. The summed E-state index contributed by atoms with van der Waals surface area (Å²) in [4.78, 5) is 2.93. The summed E-state index contributed by atoms with van der Waals surface area (Å²) in [5, 5.41) is 0.493. The van der Waals surface area contributed by atoms with Gasteiger partial charge in [-0.2, -0.15) is 0 Å². The van der Waals surface area contributed by atoms with Gasteiger partial charge in [0.05, 0.1) is 16.7 Å². The molecule has 1 heterocycles. The Kier molecular flexibility index (Phi) is 2.88. The van der Waals surface area contributed by atoms with Crippen molar-refractivity contribution in [3.8, 4) is 5.69 Å². The molecule has 0 saturated heterocycles. The van der Waals surface area contributed by atoms with Gasteiger partial charge in [-0.3, -0.25) is 4.57 Å².